The van der Waals surface area contributed by atoms with Gasteiger partial charge in [-0.25, -0.2) is 0 Å². The molecule has 5 heteroatoms. The van der Waals surface area contributed by atoms with E-state index >= 15 is 0 Å². The van der Waals surface area contributed by atoms with Crippen molar-refractivity contribution in [2.45, 2.75) is 0 Å². The van der Waals surface area contributed by atoms with Gasteiger partial charge < -0.3 is 5.01 Å². The molecule has 0 aromatic heterocycles. The molecule has 0 bridgehead atoms. The molecule has 0 spiro atoms. The number of non-ortho nitro benzene ring substituents is 1. The van der Waals surface area contributed by atoms with E-state index in [1.807, 2.05) is 14.1 Å². The standard InChI is InChI=1S/C9H11N3O2/c1-11(2)10-7-8-3-5-9(6-4-8)12(13)14/h3-7H,1-2H3. The number of nitrogens with zero attached hydrogens (tertiary/aromatic N) is 3. The largest absolute Gasteiger partial charge is 0.303 e. The maximum Gasteiger partial charge on any atom is 0.269 e. The highest BCUT2D eigenvalue weighted by atomic mass is 16.6. The van der Waals surface area contributed by atoms with Gasteiger partial charge in [-0.3, -0.25) is 10.1 Å². The first-order valence-electron chi connectivity index (χ1n) is 4.05. The molecule has 5 nitrogen and oxygen atoms in total. The molecule has 0 N–H and O–H groups in total. The fraction of sp³-hybridized carbons (Fsp3) is 0.222. The van der Waals surface area contributed by atoms with Crippen molar-refractivity contribution in [2.24, 2.45) is 5.10 Å². The average Bonchev–Trinajstić information content (AvgIpc) is 2.15. The molecule has 0 fully saturated rings. The Kier molecular flexibility index (Phi) is 3.17. The van der Waals surface area contributed by atoms with Crippen molar-refractivity contribution in [1.29, 1.82) is 0 Å². The Hall–Kier alpha value is -1.91. The second-order valence-electron chi connectivity index (χ2n) is 2.94. The predicted molar refractivity (Wildman–Crippen MR) is 54.4 cm³/mol. The third-order valence-corrected chi connectivity index (χ3v) is 1.54. The third kappa shape index (κ3) is 2.85. The van der Waals surface area contributed by atoms with Crippen molar-refractivity contribution in [3.05, 3.63) is 39.9 Å². The second kappa shape index (κ2) is 4.36. The number of hydrazone groups is 1. The first-order chi connectivity index (χ1) is 6.59. The van der Waals surface area contributed by atoms with E-state index < -0.39 is 4.92 Å². The minimum absolute atomic E-state index is 0.0898. The van der Waals surface area contributed by atoms with E-state index in [4.69, 9.17) is 0 Å². The van der Waals surface area contributed by atoms with Gasteiger partial charge in [-0.05, 0) is 17.7 Å². The van der Waals surface area contributed by atoms with Crippen molar-refractivity contribution < 1.29 is 4.92 Å². The fourth-order valence-electron chi connectivity index (χ4n) is 0.864. The lowest BCUT2D eigenvalue weighted by Gasteiger charge is -2.01. The summed E-state index contributed by atoms with van der Waals surface area (Å²) in [6.45, 7) is 0. The van der Waals surface area contributed by atoms with Crippen LogP contribution in [0, 0.1) is 10.1 Å². The SMILES string of the molecule is CN(C)N=Cc1ccc([N+](=O)[O-])cc1. The average molecular weight is 193 g/mol. The molecule has 0 unspecified atom stereocenters. The van der Waals surface area contributed by atoms with Crippen LogP contribution in [0.25, 0.3) is 0 Å². The minimum atomic E-state index is -0.424. The molecule has 0 radical (unpaired) electrons. The topological polar surface area (TPSA) is 58.7 Å². The van der Waals surface area contributed by atoms with Crippen LogP contribution in [0.3, 0.4) is 0 Å². The molecule has 0 aliphatic rings. The van der Waals surface area contributed by atoms with E-state index in [0.717, 1.165) is 5.56 Å². The zero-order valence-corrected chi connectivity index (χ0v) is 8.04. The van der Waals surface area contributed by atoms with Crippen molar-refractivity contribution in [1.82, 2.24) is 5.01 Å². The number of benzene rings is 1. The molecular weight excluding hydrogens is 182 g/mol. The van der Waals surface area contributed by atoms with E-state index in [1.54, 1.807) is 23.4 Å². The maximum atomic E-state index is 10.3. The van der Waals surface area contributed by atoms with Crippen LogP contribution in [0.15, 0.2) is 29.4 Å². The monoisotopic (exact) mass is 193 g/mol. The van der Waals surface area contributed by atoms with Crippen molar-refractivity contribution in [3.8, 4) is 0 Å². The Morgan fingerprint density at radius 3 is 2.36 bits per heavy atom. The van der Waals surface area contributed by atoms with Crippen molar-refractivity contribution in [2.75, 3.05) is 14.1 Å². The molecule has 0 saturated carbocycles. The van der Waals surface area contributed by atoms with E-state index in [9.17, 15) is 10.1 Å². The molecule has 1 rings (SSSR count). The van der Waals surface area contributed by atoms with Gasteiger partial charge in [0.25, 0.3) is 5.69 Å². The van der Waals surface area contributed by atoms with Gasteiger partial charge in [0.1, 0.15) is 0 Å². The number of hydrogen-bond acceptors (Lipinski definition) is 4. The molecule has 0 saturated heterocycles. The van der Waals surface area contributed by atoms with Gasteiger partial charge >= 0.3 is 0 Å². The van der Waals surface area contributed by atoms with Crippen LogP contribution in [0.5, 0.6) is 0 Å². The Morgan fingerprint density at radius 2 is 1.93 bits per heavy atom. The summed E-state index contributed by atoms with van der Waals surface area (Å²) in [4.78, 5) is 9.92. The Balaban J connectivity index is 2.78. The molecule has 14 heavy (non-hydrogen) atoms. The zero-order valence-electron chi connectivity index (χ0n) is 8.04. The van der Waals surface area contributed by atoms with Crippen LogP contribution in [0.2, 0.25) is 0 Å². The summed E-state index contributed by atoms with van der Waals surface area (Å²) in [5, 5.41) is 16.0. The van der Waals surface area contributed by atoms with Crippen LogP contribution in [-0.4, -0.2) is 30.2 Å². The molecule has 74 valence electrons. The summed E-state index contributed by atoms with van der Waals surface area (Å²) >= 11 is 0. The highest BCUT2D eigenvalue weighted by Gasteiger charge is 2.02. The van der Waals surface area contributed by atoms with Crippen LogP contribution in [-0.2, 0) is 0 Å². The number of rotatable bonds is 3. The van der Waals surface area contributed by atoms with E-state index in [1.165, 1.54) is 12.1 Å². The van der Waals surface area contributed by atoms with Gasteiger partial charge in [-0.1, -0.05) is 0 Å². The minimum Gasteiger partial charge on any atom is -0.303 e. The number of nitro benzene ring substituents is 1. The van der Waals surface area contributed by atoms with Gasteiger partial charge in [0, 0.05) is 26.2 Å². The molecule has 1 aromatic carbocycles. The summed E-state index contributed by atoms with van der Waals surface area (Å²) in [5.74, 6) is 0. The number of hydrogen-bond donors (Lipinski definition) is 0. The molecule has 0 aliphatic carbocycles. The van der Waals surface area contributed by atoms with Crippen LogP contribution >= 0.6 is 0 Å². The highest BCUT2D eigenvalue weighted by molar-refractivity contribution is 5.79. The van der Waals surface area contributed by atoms with Gasteiger partial charge in [0.05, 0.1) is 11.1 Å². The van der Waals surface area contributed by atoms with Gasteiger partial charge in [0.15, 0.2) is 0 Å². The summed E-state index contributed by atoms with van der Waals surface area (Å²) in [5.41, 5.74) is 0.927. The Bertz CT molecular complexity index is 344. The Morgan fingerprint density at radius 1 is 1.36 bits per heavy atom. The quantitative estimate of drug-likeness (QED) is 0.415. The highest BCUT2D eigenvalue weighted by Crippen LogP contribution is 2.10. The normalized spacial score (nSPS) is 10.4. The summed E-state index contributed by atoms with van der Waals surface area (Å²) < 4.78 is 0. The fourth-order valence-corrected chi connectivity index (χ4v) is 0.864. The smallest absolute Gasteiger partial charge is 0.269 e. The maximum absolute atomic E-state index is 10.3. The molecule has 0 atom stereocenters. The predicted octanol–water partition coefficient (Wildman–Crippen LogP) is 1.49. The van der Waals surface area contributed by atoms with Gasteiger partial charge in [-0.15, -0.1) is 0 Å². The third-order valence-electron chi connectivity index (χ3n) is 1.54. The lowest BCUT2D eigenvalue weighted by molar-refractivity contribution is -0.384. The molecule has 0 aliphatic heterocycles. The first kappa shape index (κ1) is 10.2. The lowest BCUT2D eigenvalue weighted by atomic mass is 10.2. The molecular formula is C9H11N3O2. The van der Waals surface area contributed by atoms with Crippen LogP contribution < -0.4 is 0 Å². The number of nitro groups is 1. The Labute approximate surface area is 81.8 Å². The first-order valence-corrected chi connectivity index (χ1v) is 4.05. The van der Waals surface area contributed by atoms with Gasteiger partial charge in [-0.2, -0.15) is 5.10 Å². The molecule has 0 heterocycles. The second-order valence-corrected chi connectivity index (χ2v) is 2.94. The zero-order chi connectivity index (χ0) is 10.6. The van der Waals surface area contributed by atoms with Crippen molar-refractivity contribution in [3.63, 3.8) is 0 Å². The van der Waals surface area contributed by atoms with Crippen molar-refractivity contribution >= 4 is 11.9 Å². The molecule has 1 aromatic rings. The molecule has 0 amide bonds. The summed E-state index contributed by atoms with van der Waals surface area (Å²) in [6, 6.07) is 6.23. The van der Waals surface area contributed by atoms with E-state index in [-0.39, 0.29) is 5.69 Å². The van der Waals surface area contributed by atoms with E-state index in [0.29, 0.717) is 0 Å². The van der Waals surface area contributed by atoms with Gasteiger partial charge in [0.2, 0.25) is 0 Å². The lowest BCUT2D eigenvalue weighted by Crippen LogP contribution is -2.01. The van der Waals surface area contributed by atoms with Crippen LogP contribution in [0.4, 0.5) is 5.69 Å². The van der Waals surface area contributed by atoms with E-state index in [2.05, 4.69) is 5.10 Å². The van der Waals surface area contributed by atoms with Crippen LogP contribution in [0.1, 0.15) is 5.56 Å². The summed E-state index contributed by atoms with van der Waals surface area (Å²) in [7, 11) is 3.61. The summed E-state index contributed by atoms with van der Waals surface area (Å²) in [6.07, 6.45) is 1.64.